The molecule has 0 saturated carbocycles. The minimum atomic E-state index is -1.09. The molecule has 0 unspecified atom stereocenters. The summed E-state index contributed by atoms with van der Waals surface area (Å²) >= 11 is 0. The zero-order chi connectivity index (χ0) is 26.2. The molecule has 0 spiro atoms. The summed E-state index contributed by atoms with van der Waals surface area (Å²) in [7, 11) is 1.55. The van der Waals surface area contributed by atoms with Crippen LogP contribution in [0, 0.1) is 0 Å². The number of methoxy groups -OCH3 is 1. The van der Waals surface area contributed by atoms with Gasteiger partial charge in [0, 0.05) is 18.1 Å². The van der Waals surface area contributed by atoms with Gasteiger partial charge in [-0.05, 0) is 47.5 Å². The van der Waals surface area contributed by atoms with Crippen LogP contribution in [0.15, 0.2) is 91.0 Å². The Kier molecular flexibility index (Phi) is 8.00. The van der Waals surface area contributed by atoms with Crippen LogP contribution in [0.3, 0.4) is 0 Å². The maximum absolute atomic E-state index is 13.3. The zero-order valence-corrected chi connectivity index (χ0v) is 20.1. The van der Waals surface area contributed by atoms with Crippen LogP contribution in [-0.2, 0) is 9.59 Å². The number of fused-ring (bicyclic) bond motifs is 1. The number of aliphatic carboxylic acids is 1. The van der Waals surface area contributed by atoms with Crippen LogP contribution in [0.5, 0.6) is 17.2 Å². The van der Waals surface area contributed by atoms with Gasteiger partial charge < -0.3 is 25.2 Å². The number of para-hydroxylation sites is 2. The van der Waals surface area contributed by atoms with Crippen LogP contribution in [0.1, 0.15) is 23.2 Å². The normalized spacial score (nSPS) is 11.4. The van der Waals surface area contributed by atoms with E-state index in [1.165, 1.54) is 0 Å². The number of ether oxygens (including phenoxy) is 2. The first-order valence-electron chi connectivity index (χ1n) is 11.7. The first-order valence-corrected chi connectivity index (χ1v) is 11.7. The quantitative estimate of drug-likeness (QED) is 0.275. The highest BCUT2D eigenvalue weighted by Gasteiger charge is 2.24. The maximum atomic E-state index is 13.3. The number of carboxylic acids is 1. The Bertz CT molecular complexity index is 1430. The Labute approximate surface area is 213 Å². The van der Waals surface area contributed by atoms with E-state index in [1.54, 1.807) is 67.8 Å². The minimum absolute atomic E-state index is 0.0867. The zero-order valence-electron chi connectivity index (χ0n) is 20.1. The molecule has 4 aromatic carbocycles. The molecule has 0 bridgehead atoms. The van der Waals surface area contributed by atoms with E-state index in [0.717, 1.165) is 10.8 Å². The number of rotatable bonds is 10. The van der Waals surface area contributed by atoms with Gasteiger partial charge in [-0.2, -0.15) is 0 Å². The molecule has 0 aromatic heterocycles. The molecule has 8 heteroatoms. The van der Waals surface area contributed by atoms with Gasteiger partial charge in [0.2, 0.25) is 5.91 Å². The first kappa shape index (κ1) is 25.2. The third kappa shape index (κ3) is 6.43. The summed E-state index contributed by atoms with van der Waals surface area (Å²) in [6.07, 6.45) is -0.382. The number of carboxylic acid groups (broad SMARTS) is 1. The predicted molar refractivity (Wildman–Crippen MR) is 140 cm³/mol. The highest BCUT2D eigenvalue weighted by Crippen LogP contribution is 2.31. The number of hydrogen-bond acceptors (Lipinski definition) is 5. The topological polar surface area (TPSA) is 114 Å². The number of amides is 2. The summed E-state index contributed by atoms with van der Waals surface area (Å²) < 4.78 is 11.2. The van der Waals surface area contributed by atoms with Gasteiger partial charge in [-0.1, -0.05) is 54.6 Å². The molecule has 0 saturated heterocycles. The Hall–Kier alpha value is -4.85. The molecule has 0 fully saturated rings. The summed E-state index contributed by atoms with van der Waals surface area (Å²) in [5.74, 6) is -0.600. The fourth-order valence-electron chi connectivity index (χ4n) is 3.87. The lowest BCUT2D eigenvalue weighted by molar-refractivity contribution is -0.137. The Morgan fingerprint density at radius 3 is 2.38 bits per heavy atom. The molecule has 2 amide bonds. The van der Waals surface area contributed by atoms with Crippen molar-refractivity contribution in [3.05, 3.63) is 96.6 Å². The number of anilines is 1. The van der Waals surface area contributed by atoms with E-state index in [9.17, 15) is 19.5 Å². The third-order valence-electron chi connectivity index (χ3n) is 5.72. The second kappa shape index (κ2) is 11.7. The fraction of sp³-hybridized carbons (Fsp3) is 0.138. The van der Waals surface area contributed by atoms with Gasteiger partial charge in [0.1, 0.15) is 17.5 Å². The van der Waals surface area contributed by atoms with Gasteiger partial charge in [0.25, 0.3) is 5.91 Å². The number of benzene rings is 4. The molecule has 8 nitrogen and oxygen atoms in total. The van der Waals surface area contributed by atoms with E-state index in [0.29, 0.717) is 28.5 Å². The Morgan fingerprint density at radius 1 is 0.865 bits per heavy atom. The van der Waals surface area contributed by atoms with Crippen molar-refractivity contribution < 1.29 is 29.0 Å². The average Bonchev–Trinajstić information content (AvgIpc) is 2.91. The molecule has 0 aliphatic carbocycles. The first-order chi connectivity index (χ1) is 17.9. The molecule has 4 aromatic rings. The number of nitrogens with one attached hydrogen (secondary N) is 2. The van der Waals surface area contributed by atoms with Crippen molar-refractivity contribution in [2.45, 2.75) is 18.9 Å². The van der Waals surface area contributed by atoms with Crippen molar-refractivity contribution in [1.82, 2.24) is 5.32 Å². The van der Waals surface area contributed by atoms with Crippen LogP contribution < -0.4 is 20.1 Å². The van der Waals surface area contributed by atoms with Crippen LogP contribution in [-0.4, -0.2) is 36.0 Å². The van der Waals surface area contributed by atoms with Gasteiger partial charge in [-0.25, -0.2) is 0 Å². The molecule has 37 heavy (non-hydrogen) atoms. The van der Waals surface area contributed by atoms with Crippen molar-refractivity contribution in [3.63, 3.8) is 0 Å². The highest BCUT2D eigenvalue weighted by molar-refractivity contribution is 6.09. The number of carbonyl (C=O) groups is 3. The molecule has 188 valence electrons. The molecular formula is C29H26N2O6. The minimum Gasteiger partial charge on any atom is -0.497 e. The van der Waals surface area contributed by atoms with Gasteiger partial charge in [-0.3, -0.25) is 14.4 Å². The van der Waals surface area contributed by atoms with E-state index in [2.05, 4.69) is 10.6 Å². The Balaban J connectivity index is 1.55. The maximum Gasteiger partial charge on any atom is 0.303 e. The van der Waals surface area contributed by atoms with Gasteiger partial charge >= 0.3 is 5.97 Å². The summed E-state index contributed by atoms with van der Waals surface area (Å²) in [6.45, 7) is 0. The lowest BCUT2D eigenvalue weighted by Gasteiger charge is -2.20. The van der Waals surface area contributed by atoms with E-state index >= 15 is 0 Å². The second-order valence-corrected chi connectivity index (χ2v) is 8.25. The Morgan fingerprint density at radius 2 is 1.57 bits per heavy atom. The summed E-state index contributed by atoms with van der Waals surface area (Å²) in [5.41, 5.74) is 0.767. The SMILES string of the molecule is COc1cccc(Oc2ccccc2NC(=O)[C@H](CCC(=O)O)NC(=O)c2cccc3ccccc23)c1. The molecule has 1 atom stereocenters. The summed E-state index contributed by atoms with van der Waals surface area (Å²) in [5, 5.41) is 16.3. The molecule has 4 rings (SSSR count). The molecule has 0 aliphatic rings. The smallest absolute Gasteiger partial charge is 0.303 e. The fourth-order valence-corrected chi connectivity index (χ4v) is 3.87. The number of carbonyl (C=O) groups excluding carboxylic acids is 2. The molecule has 0 aliphatic heterocycles. The van der Waals surface area contributed by atoms with E-state index in [1.807, 2.05) is 30.3 Å². The van der Waals surface area contributed by atoms with Gasteiger partial charge in [-0.15, -0.1) is 0 Å². The van der Waals surface area contributed by atoms with Gasteiger partial charge in [0.15, 0.2) is 5.75 Å². The van der Waals surface area contributed by atoms with Crippen LogP contribution >= 0.6 is 0 Å². The van der Waals surface area contributed by atoms with Crippen LogP contribution in [0.4, 0.5) is 5.69 Å². The molecule has 3 N–H and O–H groups in total. The summed E-state index contributed by atoms with van der Waals surface area (Å²) in [6, 6.07) is 25.5. The molecule has 0 radical (unpaired) electrons. The lowest BCUT2D eigenvalue weighted by Crippen LogP contribution is -2.44. The van der Waals surface area contributed by atoms with Crippen molar-refractivity contribution in [3.8, 4) is 17.2 Å². The van der Waals surface area contributed by atoms with Crippen LogP contribution in [0.25, 0.3) is 10.8 Å². The van der Waals surface area contributed by atoms with Crippen molar-refractivity contribution in [1.29, 1.82) is 0 Å². The monoisotopic (exact) mass is 498 g/mol. The van der Waals surface area contributed by atoms with Crippen molar-refractivity contribution in [2.75, 3.05) is 12.4 Å². The molecule has 0 heterocycles. The second-order valence-electron chi connectivity index (χ2n) is 8.25. The lowest BCUT2D eigenvalue weighted by atomic mass is 10.0. The third-order valence-corrected chi connectivity index (χ3v) is 5.72. The van der Waals surface area contributed by atoms with Crippen molar-refractivity contribution >= 4 is 34.2 Å². The van der Waals surface area contributed by atoms with E-state index in [-0.39, 0.29) is 12.8 Å². The van der Waals surface area contributed by atoms with Crippen molar-refractivity contribution in [2.24, 2.45) is 0 Å². The number of hydrogen-bond donors (Lipinski definition) is 3. The van der Waals surface area contributed by atoms with E-state index < -0.39 is 23.8 Å². The predicted octanol–water partition coefficient (Wildman–Crippen LogP) is 5.24. The van der Waals surface area contributed by atoms with Gasteiger partial charge in [0.05, 0.1) is 12.8 Å². The standard InChI is InChI=1S/C29H26N2O6/c1-36-20-10-7-11-21(18-20)37-26-15-5-4-14-24(26)30-29(35)25(16-17-27(32)33)31-28(34)23-13-6-9-19-8-2-3-12-22(19)23/h2-15,18,25H,16-17H2,1H3,(H,30,35)(H,31,34)(H,32,33)/t25-/m0/s1. The van der Waals surface area contributed by atoms with Crippen LogP contribution in [0.2, 0.25) is 0 Å². The van der Waals surface area contributed by atoms with E-state index in [4.69, 9.17) is 9.47 Å². The largest absolute Gasteiger partial charge is 0.497 e. The molecular weight excluding hydrogens is 472 g/mol. The average molecular weight is 499 g/mol. The summed E-state index contributed by atoms with van der Waals surface area (Å²) in [4.78, 5) is 37.7. The highest BCUT2D eigenvalue weighted by atomic mass is 16.5.